The molecular weight excluding hydrogens is 741 g/mol. The second-order valence-electron chi connectivity index (χ2n) is 20.4. The van der Waals surface area contributed by atoms with Crippen LogP contribution in [0.3, 0.4) is 0 Å². The Bertz CT molecular complexity index is 1680. The minimum absolute atomic E-state index is 0.433. The lowest BCUT2D eigenvalue weighted by atomic mass is 9.93. The predicted molar refractivity (Wildman–Crippen MR) is 258 cm³/mol. The first-order valence-electron chi connectivity index (χ1n) is 24.5. The fourth-order valence-corrected chi connectivity index (χ4v) is 22.6. The van der Waals surface area contributed by atoms with Gasteiger partial charge in [-0.15, -0.1) is 0 Å². The maximum Gasteiger partial charge on any atom is 0.0815 e. The molecule has 4 aliphatic carbocycles. The molecule has 3 nitrogen and oxygen atoms in total. The minimum Gasteiger partial charge on any atom is -0.260 e. The van der Waals surface area contributed by atoms with Crippen LogP contribution in [0.1, 0.15) is 230 Å². The molecule has 0 spiro atoms. The minimum atomic E-state index is -2.17. The van der Waals surface area contributed by atoms with Crippen LogP contribution in [0, 0.1) is 0 Å². The summed E-state index contributed by atoms with van der Waals surface area (Å²) in [7, 11) is -4.35. The highest BCUT2D eigenvalue weighted by Crippen LogP contribution is 2.69. The number of hydrogen-bond acceptors (Lipinski definition) is 3. The fourth-order valence-electron chi connectivity index (χ4n) is 12.1. The van der Waals surface area contributed by atoms with Crippen molar-refractivity contribution in [3.63, 3.8) is 0 Å². The largest absolute Gasteiger partial charge is 0.260 e. The molecule has 0 atom stereocenters. The Labute approximate surface area is 356 Å². The Balaban J connectivity index is 1.60. The molecule has 1 heterocycles. The van der Waals surface area contributed by atoms with Crippen molar-refractivity contribution in [3.8, 4) is 0 Å². The van der Waals surface area contributed by atoms with E-state index < -0.39 is 14.1 Å². The molecule has 4 saturated carbocycles. The van der Waals surface area contributed by atoms with Gasteiger partial charge >= 0.3 is 0 Å². The van der Waals surface area contributed by atoms with Crippen molar-refractivity contribution in [2.75, 3.05) is 0 Å². The molecule has 3 aromatic rings. The summed E-state index contributed by atoms with van der Waals surface area (Å²) in [6.45, 7) is 19.2. The van der Waals surface area contributed by atoms with Crippen molar-refractivity contribution in [3.05, 3.63) is 76.9 Å². The average Bonchev–Trinajstić information content (AvgIpc) is 3.25. The van der Waals surface area contributed by atoms with Gasteiger partial charge < -0.3 is 0 Å². The maximum absolute atomic E-state index is 6.59. The molecule has 58 heavy (non-hydrogen) atoms. The summed E-state index contributed by atoms with van der Waals surface area (Å²) in [5.41, 5.74) is 13.8. The van der Waals surface area contributed by atoms with Crippen molar-refractivity contribution >= 4 is 36.4 Å². The van der Waals surface area contributed by atoms with Gasteiger partial charge in [0.25, 0.3) is 0 Å². The standard InChI is InChI=1S/C53H81N3P2/c1-38(2)46-32-21-33-47(39(3)4)52(46)55-57(42-24-13-9-14-25-42,43-26-15-10-16-27-43)50-36-23-37-51(54-50)58(44-28-17-11-18-29-44,45-30-19-12-20-31-45)56-53-48(40(5)6)34-22-35-49(53)41(7)8/h21-23,32-45H,9-20,24-31H2,1-8H3. The van der Waals surface area contributed by atoms with Gasteiger partial charge in [-0.25, -0.2) is 4.98 Å². The highest BCUT2D eigenvalue weighted by atomic mass is 31.2. The third-order valence-electron chi connectivity index (χ3n) is 15.2. The Morgan fingerprint density at radius 3 is 0.862 bits per heavy atom. The van der Waals surface area contributed by atoms with Gasteiger partial charge in [0.05, 0.1) is 22.2 Å². The van der Waals surface area contributed by atoms with Crippen molar-refractivity contribution in [1.82, 2.24) is 4.98 Å². The van der Waals surface area contributed by atoms with Crippen LogP contribution in [0.25, 0.3) is 0 Å². The van der Waals surface area contributed by atoms with Crippen LogP contribution < -0.4 is 10.9 Å². The fraction of sp³-hybridized carbons (Fsp3) is 0.679. The predicted octanol–water partition coefficient (Wildman–Crippen LogP) is 17.2. The second-order valence-corrected chi connectivity index (χ2v) is 27.6. The van der Waals surface area contributed by atoms with Gasteiger partial charge in [0.15, 0.2) is 0 Å². The molecule has 0 bridgehead atoms. The highest BCUT2D eigenvalue weighted by Gasteiger charge is 2.45. The third kappa shape index (κ3) is 8.99. The lowest BCUT2D eigenvalue weighted by molar-refractivity contribution is 0.483. The molecule has 318 valence electrons. The molecule has 0 unspecified atom stereocenters. The van der Waals surface area contributed by atoms with E-state index in [4.69, 9.17) is 14.5 Å². The van der Waals surface area contributed by atoms with Gasteiger partial charge in [-0.3, -0.25) is 9.49 Å². The number of benzene rings is 2. The summed E-state index contributed by atoms with van der Waals surface area (Å²) in [5.74, 6) is 1.73. The zero-order valence-corrected chi connectivity index (χ0v) is 40.0. The van der Waals surface area contributed by atoms with E-state index in [1.165, 1.54) is 173 Å². The molecule has 0 radical (unpaired) electrons. The zero-order valence-electron chi connectivity index (χ0n) is 38.2. The molecule has 0 N–H and O–H groups in total. The molecule has 1 aromatic heterocycles. The first kappa shape index (κ1) is 44.1. The number of pyridine rings is 1. The van der Waals surface area contributed by atoms with E-state index in [2.05, 4.69) is 110 Å². The number of nitrogens with zero attached hydrogens (tertiary/aromatic N) is 3. The van der Waals surface area contributed by atoms with Crippen LogP contribution >= 0.6 is 14.1 Å². The molecule has 0 aliphatic heterocycles. The van der Waals surface area contributed by atoms with E-state index in [0.717, 1.165) is 0 Å². The number of rotatable bonds is 12. The van der Waals surface area contributed by atoms with E-state index in [-0.39, 0.29) is 0 Å². The molecule has 5 heteroatoms. The Morgan fingerprint density at radius 2 is 0.621 bits per heavy atom. The topological polar surface area (TPSA) is 37.6 Å². The molecule has 4 aliphatic rings. The molecule has 0 saturated heterocycles. The molecular formula is C53H81N3P2. The molecule has 0 amide bonds. The quantitative estimate of drug-likeness (QED) is 0.168. The molecule has 7 rings (SSSR count). The number of aromatic nitrogens is 1. The second kappa shape index (κ2) is 19.8. The Morgan fingerprint density at radius 1 is 0.379 bits per heavy atom. The lowest BCUT2D eigenvalue weighted by Crippen LogP contribution is -2.36. The van der Waals surface area contributed by atoms with Gasteiger partial charge in [0, 0.05) is 14.1 Å². The van der Waals surface area contributed by atoms with Gasteiger partial charge in [-0.05, 0) is 132 Å². The first-order chi connectivity index (χ1) is 28.1. The van der Waals surface area contributed by atoms with Crippen LogP contribution in [0.2, 0.25) is 0 Å². The maximum atomic E-state index is 6.59. The number of hydrogen-bond donors (Lipinski definition) is 0. The van der Waals surface area contributed by atoms with Gasteiger partial charge in [-0.1, -0.05) is 175 Å². The Hall–Kier alpha value is -1.95. The zero-order chi connectivity index (χ0) is 40.9. The van der Waals surface area contributed by atoms with E-state index >= 15 is 0 Å². The van der Waals surface area contributed by atoms with Gasteiger partial charge in [-0.2, -0.15) is 0 Å². The van der Waals surface area contributed by atoms with Crippen LogP contribution in [-0.2, 0) is 0 Å². The molecule has 2 aromatic carbocycles. The van der Waals surface area contributed by atoms with Crippen LogP contribution in [-0.4, -0.2) is 27.6 Å². The van der Waals surface area contributed by atoms with Crippen LogP contribution in [0.15, 0.2) is 64.1 Å². The monoisotopic (exact) mass is 822 g/mol. The average molecular weight is 822 g/mol. The smallest absolute Gasteiger partial charge is 0.0815 e. The van der Waals surface area contributed by atoms with E-state index in [9.17, 15) is 0 Å². The van der Waals surface area contributed by atoms with Crippen molar-refractivity contribution in [2.24, 2.45) is 9.49 Å². The van der Waals surface area contributed by atoms with Gasteiger partial charge in [0.2, 0.25) is 0 Å². The summed E-state index contributed by atoms with van der Waals surface area (Å²) in [6, 6.07) is 21.9. The summed E-state index contributed by atoms with van der Waals surface area (Å²) in [6.07, 6.45) is 26.8. The lowest BCUT2D eigenvalue weighted by Gasteiger charge is -2.45. The first-order valence-corrected chi connectivity index (χ1v) is 28.3. The summed E-state index contributed by atoms with van der Waals surface area (Å²) in [4.78, 5) is 6.42. The Kier molecular flexibility index (Phi) is 15.1. The van der Waals surface area contributed by atoms with E-state index in [0.29, 0.717) is 46.3 Å². The third-order valence-corrected chi connectivity index (χ3v) is 24.7. The summed E-state index contributed by atoms with van der Waals surface area (Å²) >= 11 is 0. The van der Waals surface area contributed by atoms with Crippen molar-refractivity contribution in [1.29, 1.82) is 0 Å². The van der Waals surface area contributed by atoms with Crippen LogP contribution in [0.4, 0.5) is 11.4 Å². The molecule has 4 fully saturated rings. The van der Waals surface area contributed by atoms with E-state index in [1.54, 1.807) is 0 Å². The van der Waals surface area contributed by atoms with E-state index in [1.807, 2.05) is 0 Å². The van der Waals surface area contributed by atoms with Crippen LogP contribution in [0.5, 0.6) is 0 Å². The van der Waals surface area contributed by atoms with Crippen molar-refractivity contribution < 1.29 is 0 Å². The van der Waals surface area contributed by atoms with Gasteiger partial charge in [0.1, 0.15) is 0 Å². The summed E-state index contributed by atoms with van der Waals surface area (Å²) in [5, 5.41) is 0. The van der Waals surface area contributed by atoms with Crippen molar-refractivity contribution in [2.45, 2.75) is 230 Å². The SMILES string of the molecule is CC(C)c1cccc(C(C)C)c1N=P(c1cccc(P(=Nc2c(C(C)C)cccc2C(C)C)(C2CCCCC2)C2CCCCC2)n1)(C1CCCCC1)C1CCCCC1. The summed E-state index contributed by atoms with van der Waals surface area (Å²) < 4.78 is 13.2. The normalized spacial score (nSPS) is 20.1. The highest BCUT2D eigenvalue weighted by molar-refractivity contribution is 7.76.